The van der Waals surface area contributed by atoms with E-state index in [-0.39, 0.29) is 0 Å². The minimum absolute atomic E-state index is 0.526. The van der Waals surface area contributed by atoms with Crippen LogP contribution in [-0.4, -0.2) is 0 Å². The molecule has 0 bridgehead atoms. The maximum atomic E-state index is 6.22. The van der Waals surface area contributed by atoms with Gasteiger partial charge in [-0.2, -0.15) is 0 Å². The number of hydrogen-bond donors (Lipinski definition) is 1. The maximum absolute atomic E-state index is 6.22. The Morgan fingerprint density at radius 2 is 1.62 bits per heavy atom. The second-order valence-electron chi connectivity index (χ2n) is 7.02. The normalized spacial score (nSPS) is 10.9. The van der Waals surface area contributed by atoms with Gasteiger partial charge in [-0.15, -0.1) is 0 Å². The van der Waals surface area contributed by atoms with Crippen molar-refractivity contribution in [3.63, 3.8) is 0 Å². The van der Waals surface area contributed by atoms with E-state index in [9.17, 15) is 0 Å². The monoisotopic (exact) mass is 421 g/mol. The number of hydrogen-bond acceptors (Lipinski definition) is 2. The van der Waals surface area contributed by atoms with Crippen molar-refractivity contribution < 1.29 is 4.74 Å². The van der Waals surface area contributed by atoms with Gasteiger partial charge in [0.25, 0.3) is 0 Å². The van der Waals surface area contributed by atoms with E-state index in [1.165, 1.54) is 16.3 Å². The van der Waals surface area contributed by atoms with E-state index < -0.39 is 0 Å². The zero-order valence-electron chi connectivity index (χ0n) is 16.1. The van der Waals surface area contributed by atoms with E-state index in [0.29, 0.717) is 23.2 Å². The van der Waals surface area contributed by atoms with Gasteiger partial charge in [-0.25, -0.2) is 0 Å². The molecule has 0 heterocycles. The highest BCUT2D eigenvalue weighted by atomic mass is 35.5. The molecule has 4 aromatic rings. The molecule has 0 saturated carbocycles. The number of aryl methyl sites for hydroxylation is 1. The molecule has 2 nitrogen and oxygen atoms in total. The lowest BCUT2D eigenvalue weighted by atomic mass is 10.0. The predicted molar refractivity (Wildman–Crippen MR) is 123 cm³/mol. The van der Waals surface area contributed by atoms with Crippen molar-refractivity contribution in [3.8, 4) is 5.75 Å². The van der Waals surface area contributed by atoms with Crippen LogP contribution < -0.4 is 10.1 Å². The third kappa shape index (κ3) is 4.67. The van der Waals surface area contributed by atoms with Crippen molar-refractivity contribution >= 4 is 39.7 Å². The summed E-state index contributed by atoms with van der Waals surface area (Å²) in [6, 6.07) is 26.4. The summed E-state index contributed by atoms with van der Waals surface area (Å²) in [7, 11) is 0. The van der Waals surface area contributed by atoms with Gasteiger partial charge in [0.2, 0.25) is 0 Å². The number of benzene rings is 4. The van der Waals surface area contributed by atoms with Gasteiger partial charge < -0.3 is 10.1 Å². The highest BCUT2D eigenvalue weighted by molar-refractivity contribution is 6.42. The average molecular weight is 422 g/mol. The quantitative estimate of drug-likeness (QED) is 0.345. The summed E-state index contributed by atoms with van der Waals surface area (Å²) in [4.78, 5) is 0. The lowest BCUT2D eigenvalue weighted by Gasteiger charge is -2.16. The van der Waals surface area contributed by atoms with Crippen LogP contribution in [-0.2, 0) is 13.2 Å². The van der Waals surface area contributed by atoms with Crippen LogP contribution in [0.1, 0.15) is 16.7 Å². The third-order valence-corrected chi connectivity index (χ3v) is 5.64. The Kier molecular flexibility index (Phi) is 5.94. The Labute approximate surface area is 181 Å². The van der Waals surface area contributed by atoms with Crippen LogP contribution in [0.2, 0.25) is 10.0 Å². The molecule has 0 fully saturated rings. The summed E-state index contributed by atoms with van der Waals surface area (Å²) < 4.78 is 6.22. The minimum Gasteiger partial charge on any atom is -0.489 e. The molecule has 4 heteroatoms. The van der Waals surface area contributed by atoms with Gasteiger partial charge in [0, 0.05) is 17.8 Å². The fourth-order valence-corrected chi connectivity index (χ4v) is 3.57. The molecule has 4 rings (SSSR count). The van der Waals surface area contributed by atoms with Crippen molar-refractivity contribution in [3.05, 3.63) is 106 Å². The molecule has 0 atom stereocenters. The van der Waals surface area contributed by atoms with Crippen LogP contribution >= 0.6 is 23.2 Å². The van der Waals surface area contributed by atoms with Crippen LogP contribution in [0.5, 0.6) is 5.75 Å². The summed E-state index contributed by atoms with van der Waals surface area (Å²) in [5.74, 6) is 0.872. The highest BCUT2D eigenvalue weighted by Gasteiger charge is 2.10. The lowest BCUT2D eigenvalue weighted by molar-refractivity contribution is 0.304. The van der Waals surface area contributed by atoms with Crippen molar-refractivity contribution in [2.24, 2.45) is 0 Å². The first-order valence-electron chi connectivity index (χ1n) is 9.48. The molecule has 4 aromatic carbocycles. The Hall–Kier alpha value is -2.68. The third-order valence-electron chi connectivity index (χ3n) is 4.90. The summed E-state index contributed by atoms with van der Waals surface area (Å²) >= 11 is 12.2. The van der Waals surface area contributed by atoms with Gasteiger partial charge in [-0.1, -0.05) is 83.4 Å². The molecule has 0 saturated heterocycles. The molecule has 0 unspecified atom stereocenters. The van der Waals surface area contributed by atoms with Crippen molar-refractivity contribution in [1.29, 1.82) is 0 Å². The smallest absolute Gasteiger partial charge is 0.125 e. The number of halogens is 2. The minimum atomic E-state index is 0.526. The van der Waals surface area contributed by atoms with E-state index >= 15 is 0 Å². The summed E-state index contributed by atoms with van der Waals surface area (Å²) in [5, 5.41) is 6.87. The number of nitrogens with one attached hydrogen (secondary N) is 1. The lowest BCUT2D eigenvalue weighted by Crippen LogP contribution is -2.05. The topological polar surface area (TPSA) is 21.3 Å². The molecular formula is C25H21Cl2NO. The van der Waals surface area contributed by atoms with Crippen LogP contribution in [0.15, 0.2) is 78.9 Å². The molecule has 29 heavy (non-hydrogen) atoms. The van der Waals surface area contributed by atoms with Gasteiger partial charge in [-0.05, 0) is 47.5 Å². The molecule has 0 aliphatic rings. The molecular weight excluding hydrogens is 401 g/mol. The van der Waals surface area contributed by atoms with Crippen molar-refractivity contribution in [2.45, 2.75) is 20.1 Å². The predicted octanol–water partition coefficient (Wildman–Crippen LogP) is 7.65. The highest BCUT2D eigenvalue weighted by Crippen LogP contribution is 2.31. The van der Waals surface area contributed by atoms with Gasteiger partial charge in [0.1, 0.15) is 12.4 Å². The first-order valence-corrected chi connectivity index (χ1v) is 10.2. The molecule has 146 valence electrons. The van der Waals surface area contributed by atoms with E-state index in [0.717, 1.165) is 22.6 Å². The van der Waals surface area contributed by atoms with E-state index in [1.54, 1.807) is 6.07 Å². The van der Waals surface area contributed by atoms with Gasteiger partial charge >= 0.3 is 0 Å². The van der Waals surface area contributed by atoms with Crippen molar-refractivity contribution in [2.75, 3.05) is 5.32 Å². The standard InChI is InChI=1S/C25H21Cl2NO/c1-17-6-8-18(9-7-17)16-29-25-13-10-19-4-2-3-5-21(19)22(25)15-28-20-11-12-23(26)24(27)14-20/h2-14,28H,15-16H2,1H3. The Morgan fingerprint density at radius 3 is 2.41 bits per heavy atom. The van der Waals surface area contributed by atoms with Crippen LogP contribution in [0.3, 0.4) is 0 Å². The Bertz CT molecular complexity index is 1140. The molecule has 0 aliphatic heterocycles. The zero-order valence-corrected chi connectivity index (χ0v) is 17.6. The van der Waals surface area contributed by atoms with E-state index in [4.69, 9.17) is 27.9 Å². The Balaban J connectivity index is 1.61. The van der Waals surface area contributed by atoms with Crippen LogP contribution in [0.25, 0.3) is 10.8 Å². The fraction of sp³-hybridized carbons (Fsp3) is 0.120. The number of fused-ring (bicyclic) bond motifs is 1. The fourth-order valence-electron chi connectivity index (χ4n) is 3.28. The largest absolute Gasteiger partial charge is 0.489 e. The summed E-state index contributed by atoms with van der Waals surface area (Å²) in [5.41, 5.74) is 4.41. The van der Waals surface area contributed by atoms with Crippen LogP contribution in [0, 0.1) is 6.92 Å². The van der Waals surface area contributed by atoms with Gasteiger partial charge in [-0.3, -0.25) is 0 Å². The molecule has 0 aromatic heterocycles. The summed E-state index contributed by atoms with van der Waals surface area (Å²) in [6.07, 6.45) is 0. The van der Waals surface area contributed by atoms with Crippen molar-refractivity contribution in [1.82, 2.24) is 0 Å². The Morgan fingerprint density at radius 1 is 0.828 bits per heavy atom. The van der Waals surface area contributed by atoms with E-state index in [1.807, 2.05) is 24.3 Å². The van der Waals surface area contributed by atoms with E-state index in [2.05, 4.69) is 60.8 Å². The zero-order chi connectivity index (χ0) is 20.2. The molecule has 0 radical (unpaired) electrons. The SMILES string of the molecule is Cc1ccc(COc2ccc3ccccc3c2CNc2ccc(Cl)c(Cl)c2)cc1. The van der Waals surface area contributed by atoms with Crippen LogP contribution in [0.4, 0.5) is 5.69 Å². The number of ether oxygens (including phenoxy) is 1. The molecule has 1 N–H and O–H groups in total. The first kappa shape index (κ1) is 19.6. The molecule has 0 spiro atoms. The molecule has 0 aliphatic carbocycles. The second kappa shape index (κ2) is 8.77. The molecule has 0 amide bonds. The average Bonchev–Trinajstić information content (AvgIpc) is 2.74. The maximum Gasteiger partial charge on any atom is 0.125 e. The number of rotatable bonds is 6. The second-order valence-corrected chi connectivity index (χ2v) is 7.83. The first-order chi connectivity index (χ1) is 14.1. The van der Waals surface area contributed by atoms with Gasteiger partial charge in [0.05, 0.1) is 10.0 Å². The van der Waals surface area contributed by atoms with Gasteiger partial charge in [0.15, 0.2) is 0 Å². The number of anilines is 1. The summed E-state index contributed by atoms with van der Waals surface area (Å²) in [6.45, 7) is 3.22.